The van der Waals surface area contributed by atoms with Crippen LogP contribution in [0.1, 0.15) is 71.3 Å². The van der Waals surface area contributed by atoms with E-state index in [0.717, 1.165) is 36.0 Å². The molecule has 2 aromatic rings. The molecule has 3 aliphatic carbocycles. The highest BCUT2D eigenvalue weighted by Crippen LogP contribution is 2.53. The zero-order valence-corrected chi connectivity index (χ0v) is 21.4. The van der Waals surface area contributed by atoms with Gasteiger partial charge >= 0.3 is 17.8 Å². The van der Waals surface area contributed by atoms with E-state index in [9.17, 15) is 22.4 Å². The van der Waals surface area contributed by atoms with Gasteiger partial charge in [-0.25, -0.2) is 9.97 Å². The van der Waals surface area contributed by atoms with Crippen LogP contribution in [0.2, 0.25) is 0 Å². The van der Waals surface area contributed by atoms with Crippen LogP contribution in [-0.4, -0.2) is 38.5 Å². The van der Waals surface area contributed by atoms with Crippen molar-refractivity contribution in [2.75, 3.05) is 0 Å². The molecule has 0 N–H and O–H groups in total. The predicted molar refractivity (Wildman–Crippen MR) is 133 cm³/mol. The summed E-state index contributed by atoms with van der Waals surface area (Å²) in [5.41, 5.74) is 3.10. The van der Waals surface area contributed by atoms with Gasteiger partial charge in [0.05, 0.1) is 17.7 Å². The standard InChI is InChI=1S/C28H31F4N3O3/c1-3-18-7-4-5-10-22(17(18)2)37-25-21-13-14-35(24(21)33-16-34-25)20-9-6-8-19(11-12-20)26(36)38-23-15-27(29,30)28(23,31)32/h4-5,10,13-14,16,19-20,23H,3,6-9,11-12,15H2,1-2H3. The van der Waals surface area contributed by atoms with Gasteiger partial charge in [0.25, 0.3) is 0 Å². The molecule has 0 radical (unpaired) electrons. The van der Waals surface area contributed by atoms with Gasteiger partial charge in [0.1, 0.15) is 17.7 Å². The quantitative estimate of drug-likeness (QED) is 0.225. The average Bonchev–Trinajstić information content (AvgIpc) is 3.05. The highest BCUT2D eigenvalue weighted by molar-refractivity contribution is 5.81. The third-order valence-corrected chi connectivity index (χ3v) is 8.01. The molecule has 204 valence electrons. The number of ether oxygens (including phenoxy) is 2. The van der Waals surface area contributed by atoms with Gasteiger partial charge in [-0.1, -0.05) is 31.1 Å². The Kier molecular flexibility index (Phi) is 7.09. The molecule has 6 nitrogen and oxygen atoms in total. The highest BCUT2D eigenvalue weighted by atomic mass is 19.3. The number of fused-ring (bicyclic) bond motifs is 1. The van der Waals surface area contributed by atoms with Crippen LogP contribution in [0.3, 0.4) is 0 Å². The zero-order chi connectivity index (χ0) is 27.1. The van der Waals surface area contributed by atoms with Crippen LogP contribution in [0.4, 0.5) is 17.6 Å². The molecule has 0 aliphatic heterocycles. The van der Waals surface area contributed by atoms with Crippen LogP contribution in [0, 0.1) is 5.92 Å². The number of hydrogen-bond donors (Lipinski definition) is 0. The molecule has 0 amide bonds. The first-order valence-electron chi connectivity index (χ1n) is 13.1. The van der Waals surface area contributed by atoms with Crippen LogP contribution in [0.25, 0.3) is 11.0 Å². The van der Waals surface area contributed by atoms with Crippen molar-refractivity contribution in [2.24, 2.45) is 5.92 Å². The van der Waals surface area contributed by atoms with E-state index >= 15 is 0 Å². The van der Waals surface area contributed by atoms with E-state index in [1.54, 1.807) is 0 Å². The van der Waals surface area contributed by atoms with Crippen molar-refractivity contribution in [3.63, 3.8) is 0 Å². The Labute approximate surface area is 218 Å². The minimum absolute atomic E-state index is 0.0240. The molecule has 10 heteroatoms. The fourth-order valence-corrected chi connectivity index (χ4v) is 5.52. The van der Waals surface area contributed by atoms with E-state index in [0.29, 0.717) is 37.2 Å². The summed E-state index contributed by atoms with van der Waals surface area (Å²) >= 11 is 0. The Morgan fingerprint density at radius 3 is 2.71 bits per heavy atom. The van der Waals surface area contributed by atoms with E-state index in [2.05, 4.69) is 23.0 Å². The Hall–Kier alpha value is -3.17. The van der Waals surface area contributed by atoms with Gasteiger partial charge in [0, 0.05) is 12.2 Å². The summed E-state index contributed by atoms with van der Waals surface area (Å²) in [5.74, 6) is -8.65. The normalized spacial score (nSPS) is 26.8. The number of esters is 1. The molecule has 0 saturated heterocycles. The molecule has 2 aromatic heterocycles. The SMILES string of the molecule is CCC1=C(C)C(Oc2ncnc3c2ccn3C2CCCC(C(=O)OC3CC(F)(F)C3(F)F)CC2)=CC=CC1. The maximum absolute atomic E-state index is 13.6. The van der Waals surface area contributed by atoms with Gasteiger partial charge < -0.3 is 14.0 Å². The number of rotatable bonds is 6. The van der Waals surface area contributed by atoms with E-state index in [-0.39, 0.29) is 6.04 Å². The molecule has 38 heavy (non-hydrogen) atoms. The molecule has 3 atom stereocenters. The lowest BCUT2D eigenvalue weighted by molar-refractivity contribution is -0.334. The summed E-state index contributed by atoms with van der Waals surface area (Å²) in [6.07, 6.45) is 10.9. The van der Waals surface area contributed by atoms with Gasteiger partial charge in [0.2, 0.25) is 5.88 Å². The van der Waals surface area contributed by atoms with Gasteiger partial charge in [-0.15, -0.1) is 0 Å². The van der Waals surface area contributed by atoms with Crippen LogP contribution >= 0.6 is 0 Å². The Bertz CT molecular complexity index is 1310. The highest BCUT2D eigenvalue weighted by Gasteiger charge is 2.74. The molecule has 3 aliphatic rings. The number of halogens is 4. The topological polar surface area (TPSA) is 66.2 Å². The van der Waals surface area contributed by atoms with Crippen LogP contribution in [0.15, 0.2) is 53.7 Å². The summed E-state index contributed by atoms with van der Waals surface area (Å²) in [5, 5.41) is 0.765. The third kappa shape index (κ3) is 4.73. The lowest BCUT2D eigenvalue weighted by Crippen LogP contribution is -2.64. The minimum Gasteiger partial charge on any atom is -0.455 e. The summed E-state index contributed by atoms with van der Waals surface area (Å²) in [6, 6.07) is 1.93. The van der Waals surface area contributed by atoms with Crippen molar-refractivity contribution in [2.45, 2.75) is 89.2 Å². The first kappa shape index (κ1) is 26.4. The number of carbonyl (C=O) groups is 1. The second-order valence-electron chi connectivity index (χ2n) is 10.3. The summed E-state index contributed by atoms with van der Waals surface area (Å²) in [7, 11) is 0. The zero-order valence-electron chi connectivity index (χ0n) is 21.4. The molecule has 2 fully saturated rings. The third-order valence-electron chi connectivity index (χ3n) is 8.01. The van der Waals surface area contributed by atoms with Gasteiger partial charge in [-0.3, -0.25) is 4.79 Å². The molecular weight excluding hydrogens is 502 g/mol. The van der Waals surface area contributed by atoms with Gasteiger partial charge in [0.15, 0.2) is 6.10 Å². The van der Waals surface area contributed by atoms with Crippen molar-refractivity contribution in [1.82, 2.24) is 14.5 Å². The monoisotopic (exact) mass is 533 g/mol. The lowest BCUT2D eigenvalue weighted by atomic mass is 9.85. The number of carbonyl (C=O) groups excluding carboxylic acids is 1. The molecule has 2 saturated carbocycles. The van der Waals surface area contributed by atoms with Crippen LogP contribution in [0.5, 0.6) is 5.88 Å². The Balaban J connectivity index is 1.28. The van der Waals surface area contributed by atoms with Crippen molar-refractivity contribution in [3.05, 3.63) is 53.7 Å². The molecule has 0 aromatic carbocycles. The van der Waals surface area contributed by atoms with Crippen molar-refractivity contribution in [1.29, 1.82) is 0 Å². The predicted octanol–water partition coefficient (Wildman–Crippen LogP) is 7.09. The van der Waals surface area contributed by atoms with Gasteiger partial charge in [-0.05, 0) is 63.2 Å². The maximum atomic E-state index is 13.6. The number of aromatic nitrogens is 3. The van der Waals surface area contributed by atoms with Gasteiger partial charge in [-0.2, -0.15) is 17.6 Å². The fraction of sp³-hybridized carbons (Fsp3) is 0.536. The molecule has 2 heterocycles. The summed E-state index contributed by atoms with van der Waals surface area (Å²) in [6.45, 7) is 4.17. The van der Waals surface area contributed by atoms with E-state index in [1.165, 1.54) is 11.9 Å². The lowest BCUT2D eigenvalue weighted by Gasteiger charge is -2.42. The Morgan fingerprint density at radius 1 is 1.16 bits per heavy atom. The molecule has 5 rings (SSSR count). The molecular formula is C28H31F4N3O3. The van der Waals surface area contributed by atoms with Crippen LogP contribution < -0.4 is 4.74 Å². The smallest absolute Gasteiger partial charge is 0.346 e. The number of nitrogens with zero attached hydrogens (tertiary/aromatic N) is 3. The van der Waals surface area contributed by atoms with E-state index < -0.39 is 36.3 Å². The number of alkyl halides is 4. The fourth-order valence-electron chi connectivity index (χ4n) is 5.52. The van der Waals surface area contributed by atoms with E-state index in [4.69, 9.17) is 9.47 Å². The van der Waals surface area contributed by atoms with Crippen molar-refractivity contribution in [3.8, 4) is 5.88 Å². The Morgan fingerprint density at radius 2 is 1.97 bits per heavy atom. The molecule has 0 spiro atoms. The van der Waals surface area contributed by atoms with Crippen LogP contribution in [-0.2, 0) is 9.53 Å². The second kappa shape index (κ2) is 10.2. The van der Waals surface area contributed by atoms with Crippen molar-refractivity contribution >= 4 is 17.0 Å². The minimum atomic E-state index is -4.31. The average molecular weight is 534 g/mol. The first-order chi connectivity index (χ1) is 18.1. The largest absolute Gasteiger partial charge is 0.455 e. The number of allylic oxidation sites excluding steroid dienone is 5. The molecule has 3 unspecified atom stereocenters. The molecule has 0 bridgehead atoms. The number of hydrogen-bond acceptors (Lipinski definition) is 5. The second-order valence-corrected chi connectivity index (χ2v) is 10.3. The van der Waals surface area contributed by atoms with E-state index in [1.807, 2.05) is 35.9 Å². The summed E-state index contributed by atoms with van der Waals surface area (Å²) in [4.78, 5) is 21.4. The summed E-state index contributed by atoms with van der Waals surface area (Å²) < 4.78 is 66.5. The maximum Gasteiger partial charge on any atom is 0.346 e. The van der Waals surface area contributed by atoms with Crippen molar-refractivity contribution < 1.29 is 31.8 Å². The first-order valence-corrected chi connectivity index (χ1v) is 13.1.